The fraction of sp³-hybridized carbons (Fsp3) is 0.857. The van der Waals surface area contributed by atoms with Crippen LogP contribution in [-0.2, 0) is 4.79 Å². The number of aliphatic carboxylic acids is 1. The van der Waals surface area contributed by atoms with Crippen molar-refractivity contribution in [1.29, 1.82) is 0 Å². The number of carbonyl (C=O) groups is 1. The van der Waals surface area contributed by atoms with Crippen LogP contribution in [0.15, 0.2) is 0 Å². The van der Waals surface area contributed by atoms with Gasteiger partial charge in [-0.25, -0.2) is 8.78 Å². The first-order valence-corrected chi connectivity index (χ1v) is 3.85. The molecule has 0 unspecified atom stereocenters. The Morgan fingerprint density at radius 2 is 2.25 bits per heavy atom. The average molecular weight is 177 g/mol. The van der Waals surface area contributed by atoms with Gasteiger partial charge in [0, 0.05) is 12.5 Å². The predicted octanol–water partition coefficient (Wildman–Crippen LogP) is 0.316. The first-order valence-electron chi connectivity index (χ1n) is 3.85. The van der Waals surface area contributed by atoms with Crippen LogP contribution in [-0.4, -0.2) is 30.1 Å². The van der Waals surface area contributed by atoms with Gasteiger partial charge in [0.05, 0.1) is 0 Å². The molecule has 0 aromatic heterocycles. The summed E-state index contributed by atoms with van der Waals surface area (Å²) in [5.41, 5.74) is -1.79. The lowest BCUT2D eigenvalue weighted by atomic mass is 9.99. The maximum absolute atomic E-state index is 13.0. The molecule has 68 valence electrons. The van der Waals surface area contributed by atoms with Gasteiger partial charge in [-0.3, -0.25) is 4.79 Å². The van der Waals surface area contributed by atoms with Gasteiger partial charge in [0.15, 0.2) is 5.41 Å². The molecular formula is C7H9F2NO2. The van der Waals surface area contributed by atoms with E-state index in [1.807, 2.05) is 0 Å². The van der Waals surface area contributed by atoms with E-state index >= 15 is 0 Å². The SMILES string of the molecule is O=C(O)[C@@]12CNCC[C@@H]1C2(F)F. The van der Waals surface area contributed by atoms with Crippen LogP contribution in [0, 0.1) is 11.3 Å². The van der Waals surface area contributed by atoms with E-state index in [1.54, 1.807) is 0 Å². The third kappa shape index (κ3) is 0.612. The van der Waals surface area contributed by atoms with Crippen molar-refractivity contribution in [3.63, 3.8) is 0 Å². The molecular weight excluding hydrogens is 168 g/mol. The highest BCUT2D eigenvalue weighted by Gasteiger charge is 2.85. The Labute approximate surface area is 67.8 Å². The van der Waals surface area contributed by atoms with Gasteiger partial charge in [-0.2, -0.15) is 0 Å². The number of rotatable bonds is 1. The molecule has 12 heavy (non-hydrogen) atoms. The van der Waals surface area contributed by atoms with E-state index in [0.717, 1.165) is 0 Å². The van der Waals surface area contributed by atoms with E-state index < -0.39 is 23.2 Å². The molecule has 0 amide bonds. The van der Waals surface area contributed by atoms with Crippen LogP contribution >= 0.6 is 0 Å². The van der Waals surface area contributed by atoms with Crippen LogP contribution in [0.2, 0.25) is 0 Å². The van der Waals surface area contributed by atoms with E-state index in [0.29, 0.717) is 6.54 Å². The molecule has 0 spiro atoms. The first kappa shape index (κ1) is 7.91. The smallest absolute Gasteiger partial charge is 0.317 e. The fourth-order valence-corrected chi connectivity index (χ4v) is 2.10. The Bertz CT molecular complexity index is 244. The van der Waals surface area contributed by atoms with Crippen LogP contribution in [0.5, 0.6) is 0 Å². The maximum Gasteiger partial charge on any atom is 0.317 e. The van der Waals surface area contributed by atoms with Crippen molar-refractivity contribution in [2.24, 2.45) is 11.3 Å². The number of halogens is 2. The first-order chi connectivity index (χ1) is 5.53. The van der Waals surface area contributed by atoms with E-state index in [9.17, 15) is 13.6 Å². The number of carboxylic acid groups (broad SMARTS) is 1. The Kier molecular flexibility index (Phi) is 1.29. The molecule has 0 bridgehead atoms. The van der Waals surface area contributed by atoms with Crippen molar-refractivity contribution in [3.05, 3.63) is 0 Å². The van der Waals surface area contributed by atoms with Crippen LogP contribution < -0.4 is 5.32 Å². The van der Waals surface area contributed by atoms with Crippen molar-refractivity contribution in [2.45, 2.75) is 12.3 Å². The van der Waals surface area contributed by atoms with Crippen LogP contribution in [0.1, 0.15) is 6.42 Å². The molecule has 5 heteroatoms. The Hall–Kier alpha value is -0.710. The van der Waals surface area contributed by atoms with Crippen molar-refractivity contribution in [3.8, 4) is 0 Å². The van der Waals surface area contributed by atoms with Crippen molar-refractivity contribution < 1.29 is 18.7 Å². The summed E-state index contributed by atoms with van der Waals surface area (Å²) in [6.07, 6.45) is 0.263. The highest BCUT2D eigenvalue weighted by Crippen LogP contribution is 2.68. The third-order valence-corrected chi connectivity index (χ3v) is 2.94. The summed E-state index contributed by atoms with van der Waals surface area (Å²) in [5.74, 6) is -5.31. The van der Waals surface area contributed by atoms with Crippen LogP contribution in [0.4, 0.5) is 8.78 Å². The van der Waals surface area contributed by atoms with Gasteiger partial charge in [0.1, 0.15) is 0 Å². The minimum absolute atomic E-state index is 0.0972. The minimum Gasteiger partial charge on any atom is -0.481 e. The summed E-state index contributed by atoms with van der Waals surface area (Å²) >= 11 is 0. The number of hydrogen-bond acceptors (Lipinski definition) is 2. The average Bonchev–Trinajstić information content (AvgIpc) is 2.52. The number of alkyl halides is 2. The molecule has 1 saturated carbocycles. The Morgan fingerprint density at radius 3 is 2.67 bits per heavy atom. The molecule has 2 aliphatic rings. The van der Waals surface area contributed by atoms with Gasteiger partial charge in [-0.1, -0.05) is 0 Å². The van der Waals surface area contributed by atoms with Crippen molar-refractivity contribution in [1.82, 2.24) is 5.32 Å². The Morgan fingerprint density at radius 1 is 1.58 bits per heavy atom. The molecule has 0 aromatic carbocycles. The lowest BCUT2D eigenvalue weighted by Crippen LogP contribution is -2.38. The van der Waals surface area contributed by atoms with Gasteiger partial charge < -0.3 is 10.4 Å². The second-order valence-corrected chi connectivity index (χ2v) is 3.42. The Balaban J connectivity index is 2.30. The van der Waals surface area contributed by atoms with Crippen LogP contribution in [0.3, 0.4) is 0 Å². The van der Waals surface area contributed by atoms with Crippen LogP contribution in [0.25, 0.3) is 0 Å². The summed E-state index contributed by atoms with van der Waals surface area (Å²) in [6.45, 7) is 0.398. The minimum atomic E-state index is -3.00. The molecule has 3 nitrogen and oxygen atoms in total. The van der Waals surface area contributed by atoms with E-state index in [4.69, 9.17) is 5.11 Å². The lowest BCUT2D eigenvalue weighted by molar-refractivity contribution is -0.147. The van der Waals surface area contributed by atoms with E-state index in [-0.39, 0.29) is 13.0 Å². The second-order valence-electron chi connectivity index (χ2n) is 3.42. The summed E-state index contributed by atoms with van der Waals surface area (Å²) < 4.78 is 26.0. The van der Waals surface area contributed by atoms with Gasteiger partial charge in [-0.15, -0.1) is 0 Å². The zero-order valence-electron chi connectivity index (χ0n) is 6.31. The number of nitrogens with one attached hydrogen (secondary N) is 1. The summed E-state index contributed by atoms with van der Waals surface area (Å²) in [5, 5.41) is 11.3. The molecule has 1 heterocycles. The lowest BCUT2D eigenvalue weighted by Gasteiger charge is -2.16. The standard InChI is InChI=1S/C7H9F2NO2/c8-7(9)4-1-2-10-3-6(4,7)5(11)12/h4,10H,1-3H2,(H,11,12)/t4-,6+/m0/s1. The number of carboxylic acids is 1. The molecule has 2 fully saturated rings. The summed E-state index contributed by atoms with van der Waals surface area (Å²) in [4.78, 5) is 10.6. The molecule has 1 aliphatic carbocycles. The van der Waals surface area contributed by atoms with E-state index in [1.165, 1.54) is 0 Å². The fourth-order valence-electron chi connectivity index (χ4n) is 2.10. The number of hydrogen-bond donors (Lipinski definition) is 2. The topological polar surface area (TPSA) is 49.3 Å². The summed E-state index contributed by atoms with van der Waals surface area (Å²) in [6, 6.07) is 0. The molecule has 1 saturated heterocycles. The zero-order valence-corrected chi connectivity index (χ0v) is 6.31. The molecule has 0 aromatic rings. The predicted molar refractivity (Wildman–Crippen MR) is 36.0 cm³/mol. The highest BCUT2D eigenvalue weighted by atomic mass is 19.3. The maximum atomic E-state index is 13.0. The summed E-state index contributed by atoms with van der Waals surface area (Å²) in [7, 11) is 0. The van der Waals surface area contributed by atoms with Crippen molar-refractivity contribution >= 4 is 5.97 Å². The number of piperidine rings is 1. The monoisotopic (exact) mass is 177 g/mol. The molecule has 2 N–H and O–H groups in total. The zero-order chi connectivity index (χ0) is 8.98. The molecule has 2 rings (SSSR count). The van der Waals surface area contributed by atoms with Gasteiger partial charge in [0.2, 0.25) is 0 Å². The molecule has 1 aliphatic heterocycles. The quantitative estimate of drug-likeness (QED) is 0.606. The molecule has 2 atom stereocenters. The molecule has 0 radical (unpaired) electrons. The highest BCUT2D eigenvalue weighted by molar-refractivity contribution is 5.82. The third-order valence-electron chi connectivity index (χ3n) is 2.94. The van der Waals surface area contributed by atoms with Gasteiger partial charge >= 0.3 is 5.97 Å². The van der Waals surface area contributed by atoms with E-state index in [2.05, 4.69) is 5.32 Å². The van der Waals surface area contributed by atoms with Crippen molar-refractivity contribution in [2.75, 3.05) is 13.1 Å². The van der Waals surface area contributed by atoms with Gasteiger partial charge in [0.25, 0.3) is 5.92 Å². The largest absolute Gasteiger partial charge is 0.481 e. The number of fused-ring (bicyclic) bond motifs is 1. The normalized spacial score (nSPS) is 43.3. The van der Waals surface area contributed by atoms with Gasteiger partial charge in [-0.05, 0) is 13.0 Å². The second kappa shape index (κ2) is 1.96.